The first kappa shape index (κ1) is 21.5. The van der Waals surface area contributed by atoms with Crippen molar-refractivity contribution < 1.29 is 14.4 Å². The number of fused-ring (bicyclic) bond motifs is 1. The van der Waals surface area contributed by atoms with Gasteiger partial charge in [0, 0.05) is 19.9 Å². The van der Waals surface area contributed by atoms with Gasteiger partial charge in [-0.1, -0.05) is 6.07 Å². The number of rotatable bonds is 6. The van der Waals surface area contributed by atoms with Crippen LogP contribution in [0.25, 0.3) is 11.7 Å². The number of nitrogens with zero attached hydrogens (tertiary/aromatic N) is 4. The maximum absolute atomic E-state index is 13.3. The number of aromatic nitrogens is 2. The van der Waals surface area contributed by atoms with Crippen molar-refractivity contribution in [1.29, 1.82) is 5.26 Å². The van der Waals surface area contributed by atoms with Crippen molar-refractivity contribution in [2.75, 3.05) is 58.4 Å². The average Bonchev–Trinajstić information content (AvgIpc) is 2.74. The predicted octanol–water partition coefficient (Wildman–Crippen LogP) is -0.993. The molecule has 0 saturated carbocycles. The van der Waals surface area contributed by atoms with Crippen molar-refractivity contribution in [2.24, 2.45) is 0 Å². The summed E-state index contributed by atoms with van der Waals surface area (Å²) in [7, 11) is 3.66. The maximum Gasteiger partial charge on any atom is 0.267 e. The molecule has 0 unspecified atom stereocenters. The lowest BCUT2D eigenvalue weighted by Crippen LogP contribution is -3.12. The molecule has 0 atom stereocenters. The van der Waals surface area contributed by atoms with Crippen LogP contribution in [0.15, 0.2) is 28.7 Å². The first-order valence-electron chi connectivity index (χ1n) is 9.93. The molecule has 3 rings (SSSR count). The Morgan fingerprint density at radius 1 is 1.43 bits per heavy atom. The van der Waals surface area contributed by atoms with Gasteiger partial charge in [-0.15, -0.1) is 0 Å². The SMILES string of the molecule is COCCNC(=O)/C(C#N)=C/c1c(N2CC[NH+](C)CC2)nc2c(C)cccn2c1=O. The van der Waals surface area contributed by atoms with Crippen molar-refractivity contribution >= 4 is 23.4 Å². The van der Waals surface area contributed by atoms with Gasteiger partial charge >= 0.3 is 0 Å². The van der Waals surface area contributed by atoms with E-state index in [1.165, 1.54) is 22.5 Å². The van der Waals surface area contributed by atoms with Crippen LogP contribution in [0.1, 0.15) is 11.1 Å². The fourth-order valence-electron chi connectivity index (χ4n) is 3.42. The summed E-state index contributed by atoms with van der Waals surface area (Å²) in [6.07, 6.45) is 3.00. The molecule has 3 heterocycles. The van der Waals surface area contributed by atoms with Gasteiger partial charge in [-0.3, -0.25) is 14.0 Å². The third kappa shape index (κ3) is 4.50. The molecule has 0 spiro atoms. The zero-order chi connectivity index (χ0) is 21.7. The van der Waals surface area contributed by atoms with E-state index in [1.807, 2.05) is 19.1 Å². The number of amides is 1. The standard InChI is InChI=1S/C21H26N6O3/c1-15-5-4-7-27-18(15)24-19(26-10-8-25(2)9-11-26)17(21(27)29)13-16(14-22)20(28)23-6-12-30-3/h4-5,7,13H,6,8-12H2,1-3H3,(H,23,28)/p+1/b16-13+. The van der Waals surface area contributed by atoms with Gasteiger partial charge in [0.1, 0.15) is 23.1 Å². The molecule has 1 aliphatic rings. The highest BCUT2D eigenvalue weighted by molar-refractivity contribution is 6.02. The van der Waals surface area contributed by atoms with E-state index in [0.29, 0.717) is 18.1 Å². The summed E-state index contributed by atoms with van der Waals surface area (Å²) < 4.78 is 6.38. The van der Waals surface area contributed by atoms with E-state index in [2.05, 4.69) is 17.3 Å². The Labute approximate surface area is 175 Å². The van der Waals surface area contributed by atoms with Gasteiger partial charge in [-0.25, -0.2) is 4.98 Å². The number of likely N-dealkylation sites (N-methyl/N-ethyl adjacent to an activating group) is 1. The molecule has 1 fully saturated rings. The molecule has 1 aliphatic heterocycles. The van der Waals surface area contributed by atoms with Crippen LogP contribution in [0.4, 0.5) is 5.82 Å². The Bertz CT molecular complexity index is 1060. The fraction of sp³-hybridized carbons (Fsp3) is 0.429. The van der Waals surface area contributed by atoms with Crippen LogP contribution in [0.3, 0.4) is 0 Å². The molecule has 0 radical (unpaired) electrons. The number of pyridine rings is 1. The van der Waals surface area contributed by atoms with E-state index >= 15 is 0 Å². The minimum absolute atomic E-state index is 0.140. The number of quaternary nitrogens is 1. The highest BCUT2D eigenvalue weighted by Crippen LogP contribution is 2.20. The minimum Gasteiger partial charge on any atom is -0.383 e. The van der Waals surface area contributed by atoms with Gasteiger partial charge in [-0.2, -0.15) is 5.26 Å². The summed E-state index contributed by atoms with van der Waals surface area (Å²) >= 11 is 0. The number of carbonyl (C=O) groups is 1. The number of ether oxygens (including phenoxy) is 1. The van der Waals surface area contributed by atoms with Crippen LogP contribution >= 0.6 is 0 Å². The second-order valence-corrected chi connectivity index (χ2v) is 7.40. The molecule has 158 valence electrons. The summed E-state index contributed by atoms with van der Waals surface area (Å²) in [5.41, 5.74) is 1.25. The van der Waals surface area contributed by atoms with E-state index in [1.54, 1.807) is 12.3 Å². The number of aryl methyl sites for hydroxylation is 1. The Morgan fingerprint density at radius 2 is 2.17 bits per heavy atom. The van der Waals surface area contributed by atoms with Crippen LogP contribution in [0, 0.1) is 18.3 Å². The molecule has 30 heavy (non-hydrogen) atoms. The second kappa shape index (κ2) is 9.52. The molecule has 1 saturated heterocycles. The highest BCUT2D eigenvalue weighted by atomic mass is 16.5. The molecular formula is C21H27N6O3+. The van der Waals surface area contributed by atoms with E-state index in [0.717, 1.165) is 31.7 Å². The lowest BCUT2D eigenvalue weighted by atomic mass is 10.1. The normalized spacial score (nSPS) is 15.3. The van der Waals surface area contributed by atoms with Crippen molar-refractivity contribution in [3.8, 4) is 6.07 Å². The number of hydrogen-bond acceptors (Lipinski definition) is 6. The molecule has 2 N–H and O–H groups in total. The molecular weight excluding hydrogens is 384 g/mol. The maximum atomic E-state index is 13.3. The Hall–Kier alpha value is -3.22. The molecule has 0 aromatic carbocycles. The Kier molecular flexibility index (Phi) is 6.82. The van der Waals surface area contributed by atoms with E-state index in [-0.39, 0.29) is 23.2 Å². The summed E-state index contributed by atoms with van der Waals surface area (Å²) in [5, 5.41) is 12.2. The highest BCUT2D eigenvalue weighted by Gasteiger charge is 2.24. The first-order chi connectivity index (χ1) is 14.5. The number of carbonyl (C=O) groups excluding carboxylic acids is 1. The topological polar surface area (TPSA) is 104 Å². The molecule has 2 aromatic rings. The fourth-order valence-corrected chi connectivity index (χ4v) is 3.42. The first-order valence-corrected chi connectivity index (χ1v) is 9.93. The summed E-state index contributed by atoms with van der Waals surface area (Å²) in [4.78, 5) is 34.0. The van der Waals surface area contributed by atoms with E-state index in [4.69, 9.17) is 9.72 Å². The smallest absolute Gasteiger partial charge is 0.267 e. The van der Waals surface area contributed by atoms with E-state index in [9.17, 15) is 14.9 Å². The van der Waals surface area contributed by atoms with E-state index < -0.39 is 5.91 Å². The van der Waals surface area contributed by atoms with Gasteiger partial charge in [0.2, 0.25) is 0 Å². The molecule has 2 aromatic heterocycles. The molecule has 0 bridgehead atoms. The third-order valence-corrected chi connectivity index (χ3v) is 5.23. The number of hydrogen-bond donors (Lipinski definition) is 2. The zero-order valence-corrected chi connectivity index (χ0v) is 17.6. The van der Waals surface area contributed by atoms with Crippen molar-refractivity contribution in [1.82, 2.24) is 14.7 Å². The summed E-state index contributed by atoms with van der Waals surface area (Å²) in [6.45, 7) is 5.82. The molecule has 1 amide bonds. The Morgan fingerprint density at radius 3 is 2.83 bits per heavy atom. The number of methoxy groups -OCH3 is 1. The lowest BCUT2D eigenvalue weighted by Gasteiger charge is -2.31. The molecule has 0 aliphatic carbocycles. The van der Waals surface area contributed by atoms with Gasteiger partial charge in [-0.05, 0) is 24.6 Å². The van der Waals surface area contributed by atoms with Gasteiger partial charge in [0.25, 0.3) is 11.5 Å². The van der Waals surface area contributed by atoms with Gasteiger partial charge < -0.3 is 19.9 Å². The molecule has 9 heteroatoms. The number of anilines is 1. The van der Waals surface area contributed by atoms with Crippen LogP contribution in [-0.4, -0.2) is 68.8 Å². The minimum atomic E-state index is -0.544. The van der Waals surface area contributed by atoms with Crippen molar-refractivity contribution in [3.05, 3.63) is 45.4 Å². The quantitative estimate of drug-likeness (QED) is 0.359. The zero-order valence-electron chi connectivity index (χ0n) is 17.6. The second-order valence-electron chi connectivity index (χ2n) is 7.40. The van der Waals surface area contributed by atoms with Crippen molar-refractivity contribution in [2.45, 2.75) is 6.92 Å². The monoisotopic (exact) mass is 411 g/mol. The van der Waals surface area contributed by atoms with Crippen LogP contribution in [0.5, 0.6) is 0 Å². The van der Waals surface area contributed by atoms with Crippen LogP contribution in [-0.2, 0) is 9.53 Å². The predicted molar refractivity (Wildman–Crippen MR) is 114 cm³/mol. The number of nitrogens with one attached hydrogen (secondary N) is 2. The van der Waals surface area contributed by atoms with Crippen LogP contribution < -0.4 is 20.7 Å². The summed E-state index contributed by atoms with van der Waals surface area (Å²) in [5.74, 6) is -0.0312. The number of nitriles is 1. The molecule has 9 nitrogen and oxygen atoms in total. The lowest BCUT2D eigenvalue weighted by molar-refractivity contribution is -0.880. The van der Waals surface area contributed by atoms with Gasteiger partial charge in [0.15, 0.2) is 0 Å². The number of piperazine rings is 1. The van der Waals surface area contributed by atoms with Gasteiger partial charge in [0.05, 0.1) is 45.4 Å². The Balaban J connectivity index is 2.12. The average molecular weight is 411 g/mol. The third-order valence-electron chi connectivity index (χ3n) is 5.23. The largest absolute Gasteiger partial charge is 0.383 e. The van der Waals surface area contributed by atoms with Crippen LogP contribution in [0.2, 0.25) is 0 Å². The van der Waals surface area contributed by atoms with Crippen molar-refractivity contribution in [3.63, 3.8) is 0 Å². The summed E-state index contributed by atoms with van der Waals surface area (Å²) in [6, 6.07) is 5.59.